The molecule has 1 fully saturated rings. The fourth-order valence-electron chi connectivity index (χ4n) is 2.23. The molecule has 23 heavy (non-hydrogen) atoms. The Morgan fingerprint density at radius 1 is 1.04 bits per heavy atom. The zero-order valence-corrected chi connectivity index (χ0v) is 13.4. The van der Waals surface area contributed by atoms with Crippen LogP contribution < -0.4 is 10.2 Å². The first kappa shape index (κ1) is 17.0. The molecular formula is C17H21FN4O. The van der Waals surface area contributed by atoms with Crippen LogP contribution in [0.1, 0.15) is 29.8 Å². The smallest absolute Gasteiger partial charge is 0.225 e. The molecule has 0 saturated carbocycles. The van der Waals surface area contributed by atoms with Gasteiger partial charge in [-0.05, 0) is 24.3 Å². The van der Waals surface area contributed by atoms with Gasteiger partial charge >= 0.3 is 0 Å². The van der Waals surface area contributed by atoms with E-state index >= 15 is 0 Å². The normalized spacial score (nSPS) is 14.0. The summed E-state index contributed by atoms with van der Waals surface area (Å²) in [5.74, 6) is 0.0610. The van der Waals surface area contributed by atoms with Gasteiger partial charge in [-0.3, -0.25) is 4.79 Å². The number of nitrogens with one attached hydrogen (secondary N) is 1. The summed E-state index contributed by atoms with van der Waals surface area (Å²) in [6.07, 6.45) is 3.05. The molecule has 1 aliphatic heterocycles. The summed E-state index contributed by atoms with van der Waals surface area (Å²) in [5, 5.41) is 3.26. The molecule has 0 bridgehead atoms. The summed E-state index contributed by atoms with van der Waals surface area (Å²) in [4.78, 5) is 22.8. The van der Waals surface area contributed by atoms with Gasteiger partial charge in [-0.1, -0.05) is 13.8 Å². The molecule has 0 amide bonds. The third kappa shape index (κ3) is 4.32. The lowest BCUT2D eigenvalue weighted by Gasteiger charge is -2.27. The highest BCUT2D eigenvalue weighted by atomic mass is 19.1. The molecule has 122 valence electrons. The van der Waals surface area contributed by atoms with E-state index in [-0.39, 0.29) is 11.6 Å². The summed E-state index contributed by atoms with van der Waals surface area (Å²) in [5.41, 5.74) is 0.829. The molecule has 1 aromatic carbocycles. The van der Waals surface area contributed by atoms with Crippen molar-refractivity contribution in [3.8, 4) is 0 Å². The van der Waals surface area contributed by atoms with Crippen molar-refractivity contribution in [3.63, 3.8) is 0 Å². The molecular weight excluding hydrogens is 295 g/mol. The van der Waals surface area contributed by atoms with Gasteiger partial charge in [0.25, 0.3) is 0 Å². The van der Waals surface area contributed by atoms with Gasteiger partial charge in [0, 0.05) is 44.1 Å². The molecule has 0 aliphatic carbocycles. The zero-order chi connectivity index (χ0) is 16.7. The first-order chi connectivity index (χ1) is 11.2. The van der Waals surface area contributed by atoms with Gasteiger partial charge in [0.1, 0.15) is 5.82 Å². The average molecular weight is 316 g/mol. The number of nitrogens with zero attached hydrogens (tertiary/aromatic N) is 3. The molecule has 1 aliphatic rings. The maximum Gasteiger partial charge on any atom is 0.225 e. The van der Waals surface area contributed by atoms with Crippen LogP contribution in [0, 0.1) is 5.82 Å². The molecule has 0 atom stereocenters. The Balaban J connectivity index is 0.000000924. The first-order valence-electron chi connectivity index (χ1n) is 7.82. The van der Waals surface area contributed by atoms with Crippen LogP contribution in [0.5, 0.6) is 0 Å². The molecule has 5 nitrogen and oxygen atoms in total. The Kier molecular flexibility index (Phi) is 6.17. The van der Waals surface area contributed by atoms with Crippen LogP contribution in [0.15, 0.2) is 36.7 Å². The predicted octanol–water partition coefficient (Wildman–Crippen LogP) is 2.28. The second kappa shape index (κ2) is 8.33. The van der Waals surface area contributed by atoms with Crippen molar-refractivity contribution in [1.29, 1.82) is 0 Å². The molecule has 1 saturated heterocycles. The van der Waals surface area contributed by atoms with Crippen molar-refractivity contribution >= 4 is 11.7 Å². The van der Waals surface area contributed by atoms with Crippen LogP contribution in [0.2, 0.25) is 0 Å². The van der Waals surface area contributed by atoms with E-state index in [0.717, 1.165) is 26.2 Å². The summed E-state index contributed by atoms with van der Waals surface area (Å²) in [6.45, 7) is 7.51. The van der Waals surface area contributed by atoms with E-state index in [1.807, 2.05) is 13.8 Å². The van der Waals surface area contributed by atoms with E-state index in [9.17, 15) is 9.18 Å². The van der Waals surface area contributed by atoms with Crippen LogP contribution in [-0.4, -0.2) is 41.9 Å². The SMILES string of the molecule is CC.O=C(c1ccc(F)cc1)c1cnc(N2CCNCC2)nc1. The van der Waals surface area contributed by atoms with Crippen molar-refractivity contribution < 1.29 is 9.18 Å². The van der Waals surface area contributed by atoms with Crippen molar-refractivity contribution in [3.05, 3.63) is 53.6 Å². The summed E-state index contributed by atoms with van der Waals surface area (Å²) < 4.78 is 12.9. The van der Waals surface area contributed by atoms with Gasteiger partial charge in [-0.15, -0.1) is 0 Å². The third-order valence-electron chi connectivity index (χ3n) is 3.41. The number of benzene rings is 1. The number of aromatic nitrogens is 2. The minimum Gasteiger partial charge on any atom is -0.338 e. The van der Waals surface area contributed by atoms with Crippen LogP contribution in [-0.2, 0) is 0 Å². The largest absolute Gasteiger partial charge is 0.338 e. The standard InChI is InChI=1S/C15H15FN4O.C2H6/c16-13-3-1-11(2-4-13)14(21)12-9-18-15(19-10-12)20-7-5-17-6-8-20;1-2/h1-4,9-10,17H,5-8H2;1-2H3. The highest BCUT2D eigenvalue weighted by Gasteiger charge is 2.15. The molecule has 0 spiro atoms. The van der Waals surface area contributed by atoms with E-state index in [0.29, 0.717) is 17.1 Å². The van der Waals surface area contributed by atoms with Crippen molar-refractivity contribution in [2.75, 3.05) is 31.1 Å². The minimum absolute atomic E-state index is 0.207. The number of ketones is 1. The number of hydrogen-bond donors (Lipinski definition) is 1. The van der Waals surface area contributed by atoms with Crippen molar-refractivity contribution in [2.24, 2.45) is 0 Å². The number of carbonyl (C=O) groups is 1. The lowest BCUT2D eigenvalue weighted by Crippen LogP contribution is -2.44. The Morgan fingerprint density at radius 3 is 2.17 bits per heavy atom. The lowest BCUT2D eigenvalue weighted by molar-refractivity contribution is 0.103. The first-order valence-corrected chi connectivity index (χ1v) is 7.82. The monoisotopic (exact) mass is 316 g/mol. The molecule has 1 aromatic heterocycles. The van der Waals surface area contributed by atoms with Crippen LogP contribution >= 0.6 is 0 Å². The number of piperazine rings is 1. The number of hydrogen-bond acceptors (Lipinski definition) is 5. The summed E-state index contributed by atoms with van der Waals surface area (Å²) >= 11 is 0. The van der Waals surface area contributed by atoms with E-state index < -0.39 is 0 Å². The third-order valence-corrected chi connectivity index (χ3v) is 3.41. The average Bonchev–Trinajstić information content (AvgIpc) is 2.64. The van der Waals surface area contributed by atoms with Gasteiger partial charge in [-0.25, -0.2) is 14.4 Å². The van der Waals surface area contributed by atoms with Crippen LogP contribution in [0.3, 0.4) is 0 Å². The minimum atomic E-state index is -0.364. The maximum absolute atomic E-state index is 12.9. The number of rotatable bonds is 3. The fraction of sp³-hybridized carbons (Fsp3) is 0.353. The second-order valence-corrected chi connectivity index (χ2v) is 4.84. The van der Waals surface area contributed by atoms with E-state index in [2.05, 4.69) is 20.2 Å². The highest BCUT2D eigenvalue weighted by molar-refractivity contribution is 6.08. The topological polar surface area (TPSA) is 58.1 Å². The Bertz CT molecular complexity index is 622. The number of halogens is 1. The number of carbonyl (C=O) groups excluding carboxylic acids is 1. The molecule has 2 aromatic rings. The van der Waals surface area contributed by atoms with Gasteiger partial charge in [0.05, 0.1) is 5.56 Å². The van der Waals surface area contributed by atoms with Crippen LogP contribution in [0.4, 0.5) is 10.3 Å². The molecule has 0 unspecified atom stereocenters. The van der Waals surface area contributed by atoms with Crippen molar-refractivity contribution in [2.45, 2.75) is 13.8 Å². The quantitative estimate of drug-likeness (QED) is 0.881. The summed E-state index contributed by atoms with van der Waals surface area (Å²) in [6, 6.07) is 5.45. The molecule has 3 rings (SSSR count). The summed E-state index contributed by atoms with van der Waals surface area (Å²) in [7, 11) is 0. The Morgan fingerprint density at radius 2 is 1.61 bits per heavy atom. The van der Waals surface area contributed by atoms with Gasteiger partial charge < -0.3 is 10.2 Å². The van der Waals surface area contributed by atoms with Gasteiger partial charge in [0.15, 0.2) is 5.78 Å². The lowest BCUT2D eigenvalue weighted by atomic mass is 10.1. The highest BCUT2D eigenvalue weighted by Crippen LogP contribution is 2.12. The fourth-order valence-corrected chi connectivity index (χ4v) is 2.23. The van der Waals surface area contributed by atoms with E-state index in [1.165, 1.54) is 36.7 Å². The number of anilines is 1. The van der Waals surface area contributed by atoms with Gasteiger partial charge in [0.2, 0.25) is 5.95 Å². The zero-order valence-electron chi connectivity index (χ0n) is 13.4. The maximum atomic E-state index is 12.9. The molecule has 1 N–H and O–H groups in total. The van der Waals surface area contributed by atoms with Gasteiger partial charge in [-0.2, -0.15) is 0 Å². The van der Waals surface area contributed by atoms with E-state index in [1.54, 1.807) is 0 Å². The Labute approximate surface area is 135 Å². The second-order valence-electron chi connectivity index (χ2n) is 4.84. The molecule has 0 radical (unpaired) electrons. The van der Waals surface area contributed by atoms with Crippen molar-refractivity contribution in [1.82, 2.24) is 15.3 Å². The molecule has 2 heterocycles. The van der Waals surface area contributed by atoms with E-state index in [4.69, 9.17) is 0 Å². The molecule has 6 heteroatoms. The van der Waals surface area contributed by atoms with Crippen LogP contribution in [0.25, 0.3) is 0 Å². The predicted molar refractivity (Wildman–Crippen MR) is 88.3 cm³/mol. The Hall–Kier alpha value is -2.34.